The first-order chi connectivity index (χ1) is 16.0. The number of hydrogen-bond donors (Lipinski definition) is 3. The van der Waals surface area contributed by atoms with Gasteiger partial charge in [0, 0.05) is 18.8 Å². The van der Waals surface area contributed by atoms with E-state index in [0.717, 1.165) is 44.2 Å². The molecular formula is C24H35ClN6O2. The number of benzene rings is 1. The van der Waals surface area contributed by atoms with Crippen molar-refractivity contribution in [1.82, 2.24) is 15.0 Å². The number of aliphatic hydroxyl groups is 1. The van der Waals surface area contributed by atoms with Gasteiger partial charge in [-0.1, -0.05) is 50.1 Å². The van der Waals surface area contributed by atoms with Crippen LogP contribution in [0, 0.1) is 0 Å². The molecule has 0 saturated heterocycles. The van der Waals surface area contributed by atoms with Gasteiger partial charge in [-0.3, -0.25) is 0 Å². The summed E-state index contributed by atoms with van der Waals surface area (Å²) in [5.74, 6) is 2.16. The highest BCUT2D eigenvalue weighted by Crippen LogP contribution is 2.30. The topological polar surface area (TPSA) is 95.4 Å². The van der Waals surface area contributed by atoms with E-state index in [-0.39, 0.29) is 12.1 Å². The SMILES string of the molecule is COc1ccc(Nc2nc(NC3CCCCCC3)nc(N(C)C3CCCCC3O)n2)cc1Cl. The van der Waals surface area contributed by atoms with Gasteiger partial charge in [0.05, 0.1) is 24.3 Å². The van der Waals surface area contributed by atoms with E-state index in [1.165, 1.54) is 25.7 Å². The lowest BCUT2D eigenvalue weighted by molar-refractivity contribution is 0.105. The Morgan fingerprint density at radius 3 is 2.36 bits per heavy atom. The van der Waals surface area contributed by atoms with E-state index in [9.17, 15) is 5.11 Å². The second-order valence-electron chi connectivity index (χ2n) is 9.12. The molecule has 0 radical (unpaired) electrons. The Hall–Kier alpha value is -2.32. The Morgan fingerprint density at radius 2 is 1.67 bits per heavy atom. The first kappa shape index (κ1) is 23.8. The number of rotatable bonds is 7. The van der Waals surface area contributed by atoms with Crippen molar-refractivity contribution in [3.63, 3.8) is 0 Å². The number of anilines is 4. The summed E-state index contributed by atoms with van der Waals surface area (Å²) in [7, 11) is 3.55. The number of nitrogens with zero attached hydrogens (tertiary/aromatic N) is 4. The molecule has 0 bridgehead atoms. The van der Waals surface area contributed by atoms with Gasteiger partial charge < -0.3 is 25.4 Å². The number of aliphatic hydroxyl groups excluding tert-OH is 1. The minimum atomic E-state index is -0.379. The molecule has 0 amide bonds. The van der Waals surface area contributed by atoms with Crippen LogP contribution in [0.1, 0.15) is 64.2 Å². The molecule has 9 heteroatoms. The van der Waals surface area contributed by atoms with Crippen LogP contribution < -0.4 is 20.3 Å². The van der Waals surface area contributed by atoms with Crippen LogP contribution in [-0.2, 0) is 0 Å². The van der Waals surface area contributed by atoms with Crippen LogP contribution in [0.3, 0.4) is 0 Å². The normalized spacial score (nSPS) is 21.8. The molecule has 2 aliphatic rings. The molecule has 2 saturated carbocycles. The number of hydrogen-bond acceptors (Lipinski definition) is 8. The van der Waals surface area contributed by atoms with E-state index in [0.29, 0.717) is 34.7 Å². The lowest BCUT2D eigenvalue weighted by Gasteiger charge is -2.35. The summed E-state index contributed by atoms with van der Waals surface area (Å²) in [6, 6.07) is 5.83. The molecule has 0 aliphatic heterocycles. The van der Waals surface area contributed by atoms with Crippen LogP contribution in [0.2, 0.25) is 5.02 Å². The maximum atomic E-state index is 10.6. The minimum absolute atomic E-state index is 0.00448. The zero-order valence-corrected chi connectivity index (χ0v) is 20.3. The van der Waals surface area contributed by atoms with Crippen molar-refractivity contribution < 1.29 is 9.84 Å². The molecule has 2 atom stereocenters. The fraction of sp³-hybridized carbons (Fsp3) is 0.625. The second kappa shape index (κ2) is 11.2. The molecule has 0 spiro atoms. The van der Waals surface area contributed by atoms with Gasteiger partial charge in [-0.2, -0.15) is 15.0 Å². The third kappa shape index (κ3) is 6.18. The van der Waals surface area contributed by atoms with Crippen molar-refractivity contribution in [2.45, 2.75) is 82.4 Å². The molecule has 2 fully saturated rings. The fourth-order valence-electron chi connectivity index (χ4n) is 4.81. The van der Waals surface area contributed by atoms with Gasteiger partial charge in [-0.15, -0.1) is 0 Å². The van der Waals surface area contributed by atoms with Gasteiger partial charge in [0.25, 0.3) is 0 Å². The number of nitrogens with one attached hydrogen (secondary N) is 2. The lowest BCUT2D eigenvalue weighted by atomic mass is 9.92. The molecule has 3 N–H and O–H groups in total. The number of halogens is 1. The van der Waals surface area contributed by atoms with Crippen LogP contribution in [-0.4, -0.2) is 52.4 Å². The number of methoxy groups -OCH3 is 1. The molecule has 2 aliphatic carbocycles. The Labute approximate surface area is 201 Å². The van der Waals surface area contributed by atoms with E-state index in [4.69, 9.17) is 21.3 Å². The Balaban J connectivity index is 1.61. The van der Waals surface area contributed by atoms with E-state index in [2.05, 4.69) is 20.6 Å². The molecule has 1 aromatic heterocycles. The Morgan fingerprint density at radius 1 is 0.970 bits per heavy atom. The number of aromatic nitrogens is 3. The fourth-order valence-corrected chi connectivity index (χ4v) is 5.07. The summed E-state index contributed by atoms with van der Waals surface area (Å²) in [5, 5.41) is 17.9. The van der Waals surface area contributed by atoms with Gasteiger partial charge in [-0.25, -0.2) is 0 Å². The van der Waals surface area contributed by atoms with Crippen molar-refractivity contribution in [2.75, 3.05) is 29.7 Å². The highest BCUT2D eigenvalue weighted by atomic mass is 35.5. The molecule has 1 heterocycles. The van der Waals surface area contributed by atoms with Crippen LogP contribution in [0.25, 0.3) is 0 Å². The van der Waals surface area contributed by atoms with E-state index in [1.807, 2.05) is 24.1 Å². The quantitative estimate of drug-likeness (QED) is 0.474. The van der Waals surface area contributed by atoms with Crippen LogP contribution in [0.5, 0.6) is 5.75 Å². The predicted octanol–water partition coefficient (Wildman–Crippen LogP) is 5.15. The molecule has 1 aromatic carbocycles. The zero-order chi connectivity index (χ0) is 23.2. The maximum Gasteiger partial charge on any atom is 0.233 e. The van der Waals surface area contributed by atoms with Gasteiger partial charge in [-0.05, 0) is 43.9 Å². The monoisotopic (exact) mass is 474 g/mol. The number of likely N-dealkylation sites (N-methyl/N-ethyl adjacent to an activating group) is 1. The Bertz CT molecular complexity index is 922. The molecular weight excluding hydrogens is 440 g/mol. The van der Waals surface area contributed by atoms with Crippen molar-refractivity contribution in [3.8, 4) is 5.75 Å². The maximum absolute atomic E-state index is 10.6. The summed E-state index contributed by atoms with van der Waals surface area (Å²) in [6.45, 7) is 0. The highest BCUT2D eigenvalue weighted by Gasteiger charge is 2.29. The average molecular weight is 475 g/mol. The molecule has 2 unspecified atom stereocenters. The molecule has 180 valence electrons. The second-order valence-corrected chi connectivity index (χ2v) is 9.53. The summed E-state index contributed by atoms with van der Waals surface area (Å²) in [5.41, 5.74) is 0.763. The Kier molecular flexibility index (Phi) is 8.09. The summed E-state index contributed by atoms with van der Waals surface area (Å²) < 4.78 is 5.25. The minimum Gasteiger partial charge on any atom is -0.495 e. The summed E-state index contributed by atoms with van der Waals surface area (Å²) in [6.07, 6.45) is 10.8. The lowest BCUT2D eigenvalue weighted by Crippen LogP contribution is -2.44. The smallest absolute Gasteiger partial charge is 0.233 e. The highest BCUT2D eigenvalue weighted by molar-refractivity contribution is 6.32. The predicted molar refractivity (Wildman–Crippen MR) is 133 cm³/mol. The van der Waals surface area contributed by atoms with E-state index >= 15 is 0 Å². The van der Waals surface area contributed by atoms with E-state index in [1.54, 1.807) is 13.2 Å². The zero-order valence-electron chi connectivity index (χ0n) is 19.6. The van der Waals surface area contributed by atoms with Gasteiger partial charge >= 0.3 is 0 Å². The van der Waals surface area contributed by atoms with Gasteiger partial charge in [0.2, 0.25) is 17.8 Å². The molecule has 33 heavy (non-hydrogen) atoms. The largest absolute Gasteiger partial charge is 0.495 e. The first-order valence-corrected chi connectivity index (χ1v) is 12.5. The van der Waals surface area contributed by atoms with Crippen LogP contribution in [0.4, 0.5) is 23.5 Å². The standard InChI is InChI=1S/C24H35ClN6O2/c1-31(19-11-7-8-12-20(19)32)24-29-22(26-16-9-5-3-4-6-10-16)28-23(30-24)27-17-13-14-21(33-2)18(25)15-17/h13-16,19-20,32H,3-12H2,1-2H3,(H2,26,27,28,29,30). The third-order valence-corrected chi connectivity index (χ3v) is 7.02. The molecule has 2 aromatic rings. The van der Waals surface area contributed by atoms with Crippen molar-refractivity contribution in [2.24, 2.45) is 0 Å². The van der Waals surface area contributed by atoms with Crippen molar-refractivity contribution in [3.05, 3.63) is 23.2 Å². The van der Waals surface area contributed by atoms with Crippen LogP contribution >= 0.6 is 11.6 Å². The molecule has 8 nitrogen and oxygen atoms in total. The van der Waals surface area contributed by atoms with E-state index < -0.39 is 0 Å². The average Bonchev–Trinajstić information content (AvgIpc) is 3.07. The van der Waals surface area contributed by atoms with Gasteiger partial charge in [0.1, 0.15) is 5.75 Å². The summed E-state index contributed by atoms with van der Waals surface area (Å²) in [4.78, 5) is 16.1. The van der Waals surface area contributed by atoms with Crippen molar-refractivity contribution in [1.29, 1.82) is 0 Å². The number of ether oxygens (including phenoxy) is 1. The van der Waals surface area contributed by atoms with Crippen LogP contribution in [0.15, 0.2) is 18.2 Å². The molecule has 4 rings (SSSR count). The first-order valence-electron chi connectivity index (χ1n) is 12.1. The third-order valence-electron chi connectivity index (χ3n) is 6.73. The summed E-state index contributed by atoms with van der Waals surface area (Å²) >= 11 is 6.30. The van der Waals surface area contributed by atoms with Crippen molar-refractivity contribution >= 4 is 35.1 Å². The van der Waals surface area contributed by atoms with Gasteiger partial charge in [0.15, 0.2) is 0 Å².